The van der Waals surface area contributed by atoms with Crippen LogP contribution in [0.1, 0.15) is 200 Å². The molecule has 6 rings (SSSR count). The molecule has 0 saturated carbocycles. The maximum atomic E-state index is 14.4. The molecule has 1 N–H and O–H groups in total. The first-order valence-corrected chi connectivity index (χ1v) is 32.4. The maximum absolute atomic E-state index is 14.4. The summed E-state index contributed by atoms with van der Waals surface area (Å²) < 4.78 is 195. The van der Waals surface area contributed by atoms with Crippen molar-refractivity contribution >= 4 is 45.6 Å². The molecule has 2 saturated heterocycles. The van der Waals surface area contributed by atoms with E-state index in [9.17, 15) is 57.8 Å². The summed E-state index contributed by atoms with van der Waals surface area (Å²) in [5, 5.41) is 8.59. The highest BCUT2D eigenvalue weighted by Gasteiger charge is 2.73. The minimum absolute atomic E-state index is 0. The van der Waals surface area contributed by atoms with E-state index in [-0.39, 0.29) is 38.1 Å². The Morgan fingerprint density at radius 2 is 0.719 bits per heavy atom. The van der Waals surface area contributed by atoms with E-state index in [0.29, 0.717) is 30.0 Å². The lowest BCUT2D eigenvalue weighted by atomic mass is 9.68. The molecule has 0 bridgehead atoms. The van der Waals surface area contributed by atoms with Gasteiger partial charge in [-0.2, -0.15) is 52.7 Å². The topological polar surface area (TPSA) is 66.4 Å². The summed E-state index contributed by atoms with van der Waals surface area (Å²) in [6.07, 6.45) is -19.0. The summed E-state index contributed by atoms with van der Waals surface area (Å²) in [5.74, 6) is 0. The monoisotopic (exact) mass is 1290 g/mol. The summed E-state index contributed by atoms with van der Waals surface area (Å²) in [4.78, 5) is 0. The Balaban J connectivity index is 0.000000460. The number of benzene rings is 4. The summed E-state index contributed by atoms with van der Waals surface area (Å²) in [7, 11) is -4.56. The Bertz CT molecular complexity index is 3080. The molecule has 0 amide bonds. The minimum atomic E-state index is -5.92. The molecule has 0 unspecified atom stereocenters. The molecule has 0 aromatic heterocycles. The number of aryl methyl sites for hydroxylation is 4. The van der Waals surface area contributed by atoms with Crippen LogP contribution in [0.2, 0.25) is 18.1 Å². The lowest BCUT2D eigenvalue weighted by Crippen LogP contribution is -2.63. The molecule has 2 aliphatic heterocycles. The van der Waals surface area contributed by atoms with Gasteiger partial charge in [0.15, 0.2) is 8.32 Å². The van der Waals surface area contributed by atoms with Crippen LogP contribution < -0.4 is 10.9 Å². The highest BCUT2D eigenvalue weighted by Crippen LogP contribution is 2.53. The molecule has 0 radical (unpaired) electrons. The molecule has 89 heavy (non-hydrogen) atoms. The summed E-state index contributed by atoms with van der Waals surface area (Å²) in [6, 6.07) is 22.5. The Hall–Kier alpha value is -4.37. The van der Waals surface area contributed by atoms with Gasteiger partial charge in [0.1, 0.15) is 0 Å². The van der Waals surface area contributed by atoms with E-state index in [1.165, 1.54) is 19.2 Å². The Labute approximate surface area is 524 Å². The Morgan fingerprint density at radius 1 is 0.449 bits per heavy atom. The van der Waals surface area contributed by atoms with Crippen molar-refractivity contribution in [2.75, 3.05) is 0 Å². The lowest BCUT2D eigenvalue weighted by Gasteiger charge is -2.45. The van der Waals surface area contributed by atoms with Crippen molar-refractivity contribution in [1.29, 1.82) is 0 Å². The lowest BCUT2D eigenvalue weighted by molar-refractivity contribution is -0.347. The third kappa shape index (κ3) is 15.0. The molecule has 21 heteroatoms. The van der Waals surface area contributed by atoms with E-state index in [1.54, 1.807) is 58.9 Å². The largest absolute Gasteiger partial charge is 0.495 e. The number of alkyl halides is 12. The maximum Gasteiger partial charge on any atom is 0.495 e. The third-order valence-corrected chi connectivity index (χ3v) is 24.1. The van der Waals surface area contributed by atoms with Gasteiger partial charge in [-0.3, -0.25) is 0 Å². The number of rotatable bonds is 16. The summed E-state index contributed by atoms with van der Waals surface area (Å²) in [6.45, 7) is 39.1. The van der Waals surface area contributed by atoms with E-state index < -0.39 is 96.7 Å². The fourth-order valence-electron chi connectivity index (χ4n) is 11.0. The van der Waals surface area contributed by atoms with E-state index in [2.05, 4.69) is 32.0 Å². The number of aliphatic hydroxyl groups is 1. The van der Waals surface area contributed by atoms with Gasteiger partial charge in [0, 0.05) is 10.8 Å². The van der Waals surface area contributed by atoms with Crippen molar-refractivity contribution in [3.8, 4) is 0 Å². The summed E-state index contributed by atoms with van der Waals surface area (Å²) >= 11 is 0. The van der Waals surface area contributed by atoms with Crippen LogP contribution in [0.3, 0.4) is 0 Å². The first-order valence-electron chi connectivity index (χ1n) is 29.5. The second-order valence-electron chi connectivity index (χ2n) is 27.1. The first-order chi connectivity index (χ1) is 39.3. The highest BCUT2D eigenvalue weighted by atomic mass is 28.4. The molecule has 0 spiro atoms. The van der Waals surface area contributed by atoms with Gasteiger partial charge in [-0.05, 0) is 194 Å². The van der Waals surface area contributed by atoms with E-state index in [0.717, 1.165) is 63.2 Å². The van der Waals surface area contributed by atoms with E-state index in [4.69, 9.17) is 23.0 Å². The van der Waals surface area contributed by atoms with Crippen LogP contribution in [0.15, 0.2) is 84.9 Å². The van der Waals surface area contributed by atoms with Crippen LogP contribution in [0.4, 0.5) is 52.7 Å². The Kier molecular flexibility index (Phi) is 23.5. The zero-order chi connectivity index (χ0) is 66.8. The van der Waals surface area contributed by atoms with Gasteiger partial charge in [0.05, 0.1) is 22.4 Å². The van der Waals surface area contributed by atoms with E-state index in [1.807, 2.05) is 107 Å². The zero-order valence-electron chi connectivity index (χ0n) is 54.2. The van der Waals surface area contributed by atoms with Crippen LogP contribution >= 0.6 is 0 Å². The van der Waals surface area contributed by atoms with Crippen LogP contribution in [0.25, 0.3) is 12.2 Å². The average Bonchev–Trinajstić information content (AvgIpc) is 3.98. The molecule has 0 aliphatic carbocycles. The molecule has 6 nitrogen and oxygen atoms in total. The van der Waals surface area contributed by atoms with Gasteiger partial charge in [0.25, 0.3) is 11.2 Å². The predicted molar refractivity (Wildman–Crippen MR) is 341 cm³/mol. The molecule has 2 heterocycles. The smallest absolute Gasteiger partial charge is 0.399 e. The molecule has 2 fully saturated rings. The van der Waals surface area contributed by atoms with Gasteiger partial charge in [-0.15, -0.1) is 0 Å². The van der Waals surface area contributed by atoms with Crippen molar-refractivity contribution in [3.05, 3.63) is 141 Å². The highest BCUT2D eigenvalue weighted by molar-refractivity contribution is 6.74. The normalized spacial score (nSPS) is 17.6. The second kappa shape index (κ2) is 26.6. The SMILES string of the molecule is C.C.CCC(CC)(c1ccc(/C=C/C(O)(C(F)(F)F)C(F)(F)F)c(C)c1)c1ccc(B2OC(C)(C)C(C)(C)O2)c(C)c1.CCC(CC)(c1ccc(/C=C/C(O[Si](C)(C)C(C)(C)C)(C(F)(F)F)C(F)(F)F)c(C)c1)c1ccc(B2OC(C)(C)C(C)(C)O2)c(C)c1. The van der Waals surface area contributed by atoms with Crippen molar-refractivity contribution in [1.82, 2.24) is 0 Å². The molecule has 4 aromatic carbocycles. The molecular formula is C68H96B2F12O6Si. The number of hydrogen-bond donors (Lipinski definition) is 1. The number of hydrogen-bond acceptors (Lipinski definition) is 6. The van der Waals surface area contributed by atoms with Gasteiger partial charge in [-0.1, -0.05) is 159 Å². The van der Waals surface area contributed by atoms with Gasteiger partial charge < -0.3 is 28.1 Å². The molecule has 498 valence electrons. The van der Waals surface area contributed by atoms with Crippen LogP contribution in [0.5, 0.6) is 0 Å². The minimum Gasteiger partial charge on any atom is -0.399 e. The third-order valence-electron chi connectivity index (χ3n) is 19.6. The predicted octanol–water partition coefficient (Wildman–Crippen LogP) is 19.5. The first kappa shape index (κ1) is 78.9. The molecule has 0 atom stereocenters. The quantitative estimate of drug-likeness (QED) is 0.0891. The van der Waals surface area contributed by atoms with Gasteiger partial charge >= 0.3 is 38.9 Å². The Morgan fingerprint density at radius 3 is 0.955 bits per heavy atom. The van der Waals surface area contributed by atoms with E-state index >= 15 is 0 Å². The van der Waals surface area contributed by atoms with Crippen molar-refractivity contribution in [2.45, 2.75) is 259 Å². The van der Waals surface area contributed by atoms with Gasteiger partial charge in [-0.25, -0.2) is 0 Å². The molecule has 2 aliphatic rings. The van der Waals surface area contributed by atoms with Crippen molar-refractivity contribution in [2.24, 2.45) is 0 Å². The van der Waals surface area contributed by atoms with Gasteiger partial charge in [0.2, 0.25) is 0 Å². The number of halogens is 12. The molecule has 4 aromatic rings. The standard InChI is InChI=1S/C36H51BF6O3Si.C30H37BF6O3.2CH4/c1-14-33(15-2,28-18-19-29(25(4)23-28)37-44-31(8,9)32(10,11)45-37)27-17-16-26(24(3)22-27)20-21-34(35(38,39)40,36(41,42)43)46-47(12,13)30(5,6)7;1-9-27(10-2,23-13-14-24(20(4)18-23)31-39-25(5,6)26(7,8)40-31)22-12-11-21(19(3)17-22)15-16-28(38,29(32,33)34)30(35,36)37;;/h16-23H,14-15H2,1-13H3;11-18,38H,9-10H2,1-8H3;2*1H4/b21-20+;16-15+;;. The van der Waals surface area contributed by atoms with Crippen molar-refractivity contribution < 1.29 is 80.8 Å². The van der Waals surface area contributed by atoms with Crippen LogP contribution in [0, 0.1) is 27.7 Å². The zero-order valence-corrected chi connectivity index (χ0v) is 55.2. The summed E-state index contributed by atoms with van der Waals surface area (Å²) in [5.41, 5.74) is -3.06. The van der Waals surface area contributed by atoms with Crippen LogP contribution in [-0.2, 0) is 33.9 Å². The van der Waals surface area contributed by atoms with Crippen LogP contribution in [-0.4, -0.2) is 86.0 Å². The van der Waals surface area contributed by atoms with Crippen molar-refractivity contribution in [3.63, 3.8) is 0 Å². The fourth-order valence-corrected chi connectivity index (χ4v) is 12.4. The molecular weight excluding hydrogens is 1190 g/mol. The second-order valence-corrected chi connectivity index (χ2v) is 31.8. The average molecular weight is 1290 g/mol. The fraction of sp³-hybridized carbons (Fsp3) is 0.588.